The molecular formula is C28H48O12. The lowest BCUT2D eigenvalue weighted by Crippen LogP contribution is -2.58. The number of ether oxygens (including phenoxy) is 3. The Morgan fingerprint density at radius 1 is 0.750 bits per heavy atom. The molecule has 0 aromatic heterocycles. The van der Waals surface area contributed by atoms with Gasteiger partial charge < -0.3 is 44.8 Å². The Morgan fingerprint density at radius 2 is 1.23 bits per heavy atom. The summed E-state index contributed by atoms with van der Waals surface area (Å²) in [5.74, 6) is -6.06. The van der Waals surface area contributed by atoms with Crippen LogP contribution in [0.3, 0.4) is 0 Å². The van der Waals surface area contributed by atoms with Crippen LogP contribution in [0.1, 0.15) is 96.8 Å². The van der Waals surface area contributed by atoms with Crippen molar-refractivity contribution in [3.05, 3.63) is 11.5 Å². The van der Waals surface area contributed by atoms with Gasteiger partial charge in [0, 0.05) is 0 Å². The van der Waals surface area contributed by atoms with Crippen LogP contribution in [0.4, 0.5) is 0 Å². The Hall–Kier alpha value is -2.09. The molecule has 0 amide bonds. The van der Waals surface area contributed by atoms with Crippen LogP contribution < -0.4 is 0 Å². The summed E-state index contributed by atoms with van der Waals surface area (Å²) in [5, 5.41) is 57.8. The summed E-state index contributed by atoms with van der Waals surface area (Å²) < 4.78 is 15.4. The molecule has 4 atom stereocenters. The molecule has 1 aliphatic heterocycles. The minimum absolute atomic E-state index is 0.101. The van der Waals surface area contributed by atoms with E-state index in [-0.39, 0.29) is 6.61 Å². The Kier molecular flexibility index (Phi) is 17.9. The van der Waals surface area contributed by atoms with E-state index in [9.17, 15) is 39.9 Å². The fourth-order valence-electron chi connectivity index (χ4n) is 4.48. The monoisotopic (exact) mass is 576 g/mol. The van der Waals surface area contributed by atoms with Crippen LogP contribution in [-0.2, 0) is 28.6 Å². The van der Waals surface area contributed by atoms with Gasteiger partial charge in [-0.15, -0.1) is 0 Å². The van der Waals surface area contributed by atoms with Crippen molar-refractivity contribution < 1.29 is 59.2 Å². The molecule has 232 valence electrons. The molecule has 0 radical (unpaired) electrons. The second-order valence-corrected chi connectivity index (χ2v) is 10.1. The average molecular weight is 577 g/mol. The predicted molar refractivity (Wildman–Crippen MR) is 142 cm³/mol. The molecule has 40 heavy (non-hydrogen) atoms. The van der Waals surface area contributed by atoms with Crippen LogP contribution in [0.5, 0.6) is 0 Å². The van der Waals surface area contributed by atoms with Crippen LogP contribution in [0.2, 0.25) is 0 Å². The number of hydrogen-bond donors (Lipinski definition) is 6. The molecule has 1 aliphatic rings. The number of hydrogen-bond acceptors (Lipinski definition) is 12. The van der Waals surface area contributed by atoms with Crippen LogP contribution in [0.15, 0.2) is 11.5 Å². The summed E-state index contributed by atoms with van der Waals surface area (Å²) in [7, 11) is 0. The third-order valence-corrected chi connectivity index (χ3v) is 6.86. The molecule has 0 aromatic carbocycles. The van der Waals surface area contributed by atoms with Gasteiger partial charge in [-0.1, -0.05) is 90.4 Å². The number of carbonyl (C=O) groups is 3. The van der Waals surface area contributed by atoms with E-state index < -0.39 is 73.0 Å². The summed E-state index contributed by atoms with van der Waals surface area (Å²) in [6.45, 7) is -1.13. The zero-order valence-electron chi connectivity index (χ0n) is 23.6. The number of Topliss-reactive ketones (excluding diaryl/α,β-unsaturated/α-hetero) is 1. The van der Waals surface area contributed by atoms with Gasteiger partial charge >= 0.3 is 11.9 Å². The predicted octanol–water partition coefficient (Wildman–Crippen LogP) is 1.16. The largest absolute Gasteiger partial charge is 0.489 e. The smallest absolute Gasteiger partial charge is 0.379 e. The van der Waals surface area contributed by atoms with Gasteiger partial charge in [0.05, 0.1) is 26.4 Å². The lowest BCUT2D eigenvalue weighted by atomic mass is 9.87. The van der Waals surface area contributed by atoms with Gasteiger partial charge in [-0.3, -0.25) is 4.79 Å². The van der Waals surface area contributed by atoms with Crippen LogP contribution >= 0.6 is 0 Å². The second-order valence-electron chi connectivity index (χ2n) is 10.1. The minimum Gasteiger partial charge on any atom is -0.489 e. The summed E-state index contributed by atoms with van der Waals surface area (Å²) in [6, 6.07) is 0. The number of aliphatic hydroxyl groups excluding tert-OH is 6. The number of cyclic esters (lactones) is 1. The van der Waals surface area contributed by atoms with Crippen molar-refractivity contribution in [1.29, 1.82) is 0 Å². The zero-order chi connectivity index (χ0) is 30.0. The molecule has 0 aliphatic carbocycles. The highest BCUT2D eigenvalue weighted by Gasteiger charge is 2.62. The number of rotatable bonds is 24. The molecule has 12 nitrogen and oxygen atoms in total. The van der Waals surface area contributed by atoms with Gasteiger partial charge in [0.25, 0.3) is 11.4 Å². The van der Waals surface area contributed by atoms with E-state index in [0.717, 1.165) is 25.7 Å². The molecule has 0 aromatic rings. The normalized spacial score (nSPS) is 19.3. The Bertz CT molecular complexity index is 798. The molecule has 0 spiro atoms. The number of aliphatic hydroxyl groups is 6. The van der Waals surface area contributed by atoms with E-state index in [0.29, 0.717) is 6.42 Å². The van der Waals surface area contributed by atoms with E-state index in [1.165, 1.54) is 57.8 Å². The third-order valence-electron chi connectivity index (χ3n) is 6.86. The van der Waals surface area contributed by atoms with Crippen LogP contribution in [-0.4, -0.2) is 98.7 Å². The SMILES string of the molecule is CCCCCCCCCCCCCCCCOC1=C(OC(=O)C(O)CO)C(=O)O[C@]1(C(=O)C(O)CO)[C@@H](O)CO. The van der Waals surface area contributed by atoms with E-state index >= 15 is 0 Å². The Morgan fingerprint density at radius 3 is 1.68 bits per heavy atom. The number of carbonyl (C=O) groups excluding carboxylic acids is 3. The van der Waals surface area contributed by atoms with Crippen LogP contribution in [0, 0.1) is 0 Å². The maximum Gasteiger partial charge on any atom is 0.379 e. The maximum absolute atomic E-state index is 12.9. The molecule has 0 fully saturated rings. The van der Waals surface area contributed by atoms with Crippen LogP contribution in [0.25, 0.3) is 0 Å². The molecule has 2 unspecified atom stereocenters. The van der Waals surface area contributed by atoms with Gasteiger partial charge in [0.15, 0.2) is 6.10 Å². The minimum atomic E-state index is -2.80. The highest BCUT2D eigenvalue weighted by molar-refractivity contribution is 6.04. The van der Waals surface area contributed by atoms with Crippen molar-refractivity contribution in [1.82, 2.24) is 0 Å². The molecular weight excluding hydrogens is 528 g/mol. The number of unbranched alkanes of at least 4 members (excludes halogenated alkanes) is 13. The average Bonchev–Trinajstić information content (AvgIpc) is 3.24. The molecule has 0 saturated carbocycles. The first-order valence-corrected chi connectivity index (χ1v) is 14.4. The lowest BCUT2D eigenvalue weighted by Gasteiger charge is -2.33. The van der Waals surface area contributed by atoms with Crippen molar-refractivity contribution in [2.45, 2.75) is 121 Å². The second kappa shape index (κ2) is 19.9. The standard InChI is InChI=1S/C28H48O12/c1-2-3-4-5-6-7-8-9-10-11-12-13-14-15-16-38-25-23(39-26(36)21(33)18-30)27(37)40-28(25,22(34)19-31)24(35)20(32)17-29/h20-22,29-34H,2-19H2,1H3/t20?,21?,22-,28-/m0/s1. The van der Waals surface area contributed by atoms with Crippen molar-refractivity contribution in [2.24, 2.45) is 0 Å². The Balaban J connectivity index is 2.71. The molecule has 1 rings (SSSR count). The number of esters is 2. The lowest BCUT2D eigenvalue weighted by molar-refractivity contribution is -0.180. The van der Waals surface area contributed by atoms with Crippen molar-refractivity contribution >= 4 is 17.7 Å². The first-order valence-electron chi connectivity index (χ1n) is 14.4. The Labute approximate surface area is 235 Å². The van der Waals surface area contributed by atoms with Crippen molar-refractivity contribution in [3.63, 3.8) is 0 Å². The molecule has 0 saturated heterocycles. The highest BCUT2D eigenvalue weighted by atomic mass is 16.6. The van der Waals surface area contributed by atoms with E-state index in [4.69, 9.17) is 19.3 Å². The summed E-state index contributed by atoms with van der Waals surface area (Å²) in [4.78, 5) is 37.5. The first-order chi connectivity index (χ1) is 19.2. The van der Waals surface area contributed by atoms with Gasteiger partial charge in [-0.2, -0.15) is 0 Å². The van der Waals surface area contributed by atoms with E-state index in [2.05, 4.69) is 6.92 Å². The first kappa shape index (κ1) is 35.9. The van der Waals surface area contributed by atoms with E-state index in [1.807, 2.05) is 0 Å². The summed E-state index contributed by atoms with van der Waals surface area (Å²) in [5.41, 5.74) is -2.80. The summed E-state index contributed by atoms with van der Waals surface area (Å²) in [6.07, 6.45) is 9.37. The summed E-state index contributed by atoms with van der Waals surface area (Å²) >= 11 is 0. The van der Waals surface area contributed by atoms with Crippen molar-refractivity contribution in [3.8, 4) is 0 Å². The van der Waals surface area contributed by atoms with Gasteiger partial charge in [-0.25, -0.2) is 9.59 Å². The third kappa shape index (κ3) is 10.7. The van der Waals surface area contributed by atoms with Gasteiger partial charge in [0.2, 0.25) is 11.5 Å². The van der Waals surface area contributed by atoms with Gasteiger partial charge in [0.1, 0.15) is 12.2 Å². The number of ketones is 1. The molecule has 0 bridgehead atoms. The molecule has 12 heteroatoms. The fraction of sp³-hybridized carbons (Fsp3) is 0.821. The molecule has 1 heterocycles. The molecule has 6 N–H and O–H groups in total. The maximum atomic E-state index is 12.9. The van der Waals surface area contributed by atoms with E-state index in [1.54, 1.807) is 0 Å². The fourth-order valence-corrected chi connectivity index (χ4v) is 4.48. The van der Waals surface area contributed by atoms with Gasteiger partial charge in [-0.05, 0) is 6.42 Å². The zero-order valence-corrected chi connectivity index (χ0v) is 23.6. The van der Waals surface area contributed by atoms with Crippen molar-refractivity contribution in [2.75, 3.05) is 26.4 Å². The highest BCUT2D eigenvalue weighted by Crippen LogP contribution is 2.39. The topological polar surface area (TPSA) is 200 Å². The quantitative estimate of drug-likeness (QED) is 0.0709.